The zero-order valence-electron chi connectivity index (χ0n) is 16.2. The highest BCUT2D eigenvalue weighted by Gasteiger charge is 2.52. The lowest BCUT2D eigenvalue weighted by molar-refractivity contribution is -0.485. The van der Waals surface area contributed by atoms with Gasteiger partial charge >= 0.3 is 0 Å². The van der Waals surface area contributed by atoms with Gasteiger partial charge in [-0.15, -0.1) is 0 Å². The zero-order valence-corrected chi connectivity index (χ0v) is 16.2. The van der Waals surface area contributed by atoms with Crippen LogP contribution in [0.3, 0.4) is 0 Å². The van der Waals surface area contributed by atoms with E-state index in [0.717, 1.165) is 37.6 Å². The van der Waals surface area contributed by atoms with Crippen molar-refractivity contribution in [1.82, 2.24) is 4.90 Å². The maximum Gasteiger partial charge on any atom is 0.197 e. The molecule has 0 spiro atoms. The van der Waals surface area contributed by atoms with Gasteiger partial charge in [-0.25, -0.2) is 4.74 Å². The molecule has 2 heterocycles. The van der Waals surface area contributed by atoms with Crippen molar-refractivity contribution in [2.45, 2.75) is 25.3 Å². The standard InChI is InChI=1S/C23H28N2O2/c1-18-21(19-9-5-3-6-10-19)23(2,24-13-15-27-16-14-24)17-25(26)22(18)20-11-7-4-8-12-20/h3-12,18,21H,13-17H2,1-2H3/t18-,21+,23?/m0/s1. The van der Waals surface area contributed by atoms with Crippen molar-refractivity contribution in [3.63, 3.8) is 0 Å². The molecule has 2 aliphatic rings. The van der Waals surface area contributed by atoms with Crippen LogP contribution >= 0.6 is 0 Å². The molecule has 2 aromatic carbocycles. The van der Waals surface area contributed by atoms with E-state index < -0.39 is 0 Å². The molecule has 4 nitrogen and oxygen atoms in total. The largest absolute Gasteiger partial charge is 0.624 e. The van der Waals surface area contributed by atoms with E-state index in [1.165, 1.54) is 10.3 Å². The first-order chi connectivity index (χ1) is 13.1. The van der Waals surface area contributed by atoms with E-state index in [1.807, 2.05) is 18.2 Å². The molecule has 4 rings (SSSR count). The Morgan fingerprint density at radius 2 is 1.59 bits per heavy atom. The first-order valence-electron chi connectivity index (χ1n) is 9.86. The average Bonchev–Trinajstić information content (AvgIpc) is 2.70. The number of benzene rings is 2. The minimum absolute atomic E-state index is 0.119. The second-order valence-corrected chi connectivity index (χ2v) is 7.92. The van der Waals surface area contributed by atoms with Gasteiger partial charge in [-0.05, 0) is 24.6 Å². The fourth-order valence-corrected chi connectivity index (χ4v) is 5.09. The SMILES string of the molecule is C[C@@H]1C(c2ccccc2)=[N+]([O-])CC(C)(N2CCOCC2)[C@H]1c1ccccc1. The van der Waals surface area contributed by atoms with Crippen molar-refractivity contribution in [1.29, 1.82) is 0 Å². The predicted molar refractivity (Wildman–Crippen MR) is 108 cm³/mol. The molecule has 0 radical (unpaired) electrons. The van der Waals surface area contributed by atoms with E-state index in [2.05, 4.69) is 61.2 Å². The summed E-state index contributed by atoms with van der Waals surface area (Å²) in [5.74, 6) is 0.367. The van der Waals surface area contributed by atoms with Crippen molar-refractivity contribution in [3.05, 3.63) is 77.0 Å². The molecule has 3 atom stereocenters. The molecular formula is C23H28N2O2. The minimum Gasteiger partial charge on any atom is -0.624 e. The number of hydrogen-bond donors (Lipinski definition) is 0. The lowest BCUT2D eigenvalue weighted by Crippen LogP contribution is -2.63. The molecule has 2 aromatic rings. The van der Waals surface area contributed by atoms with Crippen LogP contribution in [-0.4, -0.2) is 53.7 Å². The van der Waals surface area contributed by atoms with Crippen molar-refractivity contribution >= 4 is 5.71 Å². The summed E-state index contributed by atoms with van der Waals surface area (Å²) in [5, 5.41) is 13.3. The van der Waals surface area contributed by atoms with Gasteiger partial charge in [0.2, 0.25) is 0 Å². The second kappa shape index (κ2) is 7.45. The summed E-state index contributed by atoms with van der Waals surface area (Å²) in [6, 6.07) is 20.8. The van der Waals surface area contributed by atoms with E-state index in [0.29, 0.717) is 6.54 Å². The van der Waals surface area contributed by atoms with Crippen molar-refractivity contribution in [2.24, 2.45) is 5.92 Å². The van der Waals surface area contributed by atoms with Crippen LogP contribution in [-0.2, 0) is 4.74 Å². The predicted octanol–water partition coefficient (Wildman–Crippen LogP) is 3.51. The number of rotatable bonds is 3. The summed E-state index contributed by atoms with van der Waals surface area (Å²) in [6.45, 7) is 8.17. The molecule has 27 heavy (non-hydrogen) atoms. The van der Waals surface area contributed by atoms with E-state index in [-0.39, 0.29) is 17.4 Å². The van der Waals surface area contributed by atoms with Crippen molar-refractivity contribution in [3.8, 4) is 0 Å². The molecule has 142 valence electrons. The Labute approximate surface area is 161 Å². The Morgan fingerprint density at radius 3 is 2.22 bits per heavy atom. The van der Waals surface area contributed by atoms with E-state index in [9.17, 15) is 5.21 Å². The van der Waals surface area contributed by atoms with Crippen LogP contribution in [0.25, 0.3) is 0 Å². The van der Waals surface area contributed by atoms with Crippen LogP contribution in [0, 0.1) is 11.1 Å². The summed E-state index contributed by atoms with van der Waals surface area (Å²) in [4.78, 5) is 2.47. The molecule has 0 amide bonds. The van der Waals surface area contributed by atoms with Crippen LogP contribution in [0.4, 0.5) is 0 Å². The smallest absolute Gasteiger partial charge is 0.197 e. The number of morpholine rings is 1. The molecule has 0 saturated carbocycles. The average molecular weight is 364 g/mol. The van der Waals surface area contributed by atoms with Gasteiger partial charge in [-0.2, -0.15) is 0 Å². The van der Waals surface area contributed by atoms with Crippen LogP contribution < -0.4 is 0 Å². The summed E-state index contributed by atoms with van der Waals surface area (Å²) < 4.78 is 6.83. The molecule has 1 fully saturated rings. The number of nitrogens with zero attached hydrogens (tertiary/aromatic N) is 2. The molecular weight excluding hydrogens is 336 g/mol. The fraction of sp³-hybridized carbons (Fsp3) is 0.435. The maximum absolute atomic E-state index is 13.3. The number of hydroxylamine groups is 1. The summed E-state index contributed by atoms with van der Waals surface area (Å²) in [6.07, 6.45) is 0. The van der Waals surface area contributed by atoms with Gasteiger partial charge in [-0.1, -0.05) is 55.5 Å². The Morgan fingerprint density at radius 1 is 1.00 bits per heavy atom. The first-order valence-corrected chi connectivity index (χ1v) is 9.86. The molecule has 0 aliphatic carbocycles. The summed E-state index contributed by atoms with van der Waals surface area (Å²) in [7, 11) is 0. The maximum atomic E-state index is 13.3. The minimum atomic E-state index is -0.232. The molecule has 2 aliphatic heterocycles. The van der Waals surface area contributed by atoms with Gasteiger partial charge in [0.15, 0.2) is 12.3 Å². The van der Waals surface area contributed by atoms with Gasteiger partial charge in [0.05, 0.1) is 24.7 Å². The van der Waals surface area contributed by atoms with E-state index >= 15 is 0 Å². The first kappa shape index (κ1) is 18.2. The second-order valence-electron chi connectivity index (χ2n) is 7.92. The summed E-state index contributed by atoms with van der Waals surface area (Å²) >= 11 is 0. The zero-order chi connectivity index (χ0) is 18.9. The third kappa shape index (κ3) is 3.28. The number of ether oxygens (including phenoxy) is 1. The fourth-order valence-electron chi connectivity index (χ4n) is 5.09. The third-order valence-electron chi connectivity index (χ3n) is 6.30. The van der Waals surface area contributed by atoms with Crippen LogP contribution in [0.5, 0.6) is 0 Å². The van der Waals surface area contributed by atoms with Crippen LogP contribution in [0.15, 0.2) is 60.7 Å². The highest BCUT2D eigenvalue weighted by Crippen LogP contribution is 2.43. The van der Waals surface area contributed by atoms with Crippen LogP contribution in [0.2, 0.25) is 0 Å². The van der Waals surface area contributed by atoms with Crippen LogP contribution in [0.1, 0.15) is 30.9 Å². The molecule has 0 N–H and O–H groups in total. The van der Waals surface area contributed by atoms with Gasteiger partial charge < -0.3 is 9.94 Å². The highest BCUT2D eigenvalue weighted by molar-refractivity contribution is 5.99. The Balaban J connectivity index is 1.82. The Kier molecular flexibility index (Phi) is 5.02. The third-order valence-corrected chi connectivity index (χ3v) is 6.30. The molecule has 1 unspecified atom stereocenters. The number of hydrogen-bond acceptors (Lipinski definition) is 3. The topological polar surface area (TPSA) is 38.5 Å². The Hall–Kier alpha value is -2.17. The normalized spacial score (nSPS) is 29.7. The summed E-state index contributed by atoms with van der Waals surface area (Å²) in [5.41, 5.74) is 3.01. The quantitative estimate of drug-likeness (QED) is 0.618. The van der Waals surface area contributed by atoms with Crippen molar-refractivity contribution in [2.75, 3.05) is 32.8 Å². The van der Waals surface area contributed by atoms with E-state index in [1.54, 1.807) is 0 Å². The van der Waals surface area contributed by atoms with E-state index in [4.69, 9.17) is 4.74 Å². The van der Waals surface area contributed by atoms with Gasteiger partial charge in [0.1, 0.15) is 0 Å². The highest BCUT2D eigenvalue weighted by atomic mass is 16.5. The van der Waals surface area contributed by atoms with Gasteiger partial charge in [0.25, 0.3) is 0 Å². The van der Waals surface area contributed by atoms with Gasteiger partial charge in [-0.3, -0.25) is 4.90 Å². The lowest BCUT2D eigenvalue weighted by atomic mass is 9.67. The monoisotopic (exact) mass is 364 g/mol. The molecule has 0 aromatic heterocycles. The molecule has 1 saturated heterocycles. The lowest BCUT2D eigenvalue weighted by Gasteiger charge is -2.50. The molecule has 0 bridgehead atoms. The van der Waals surface area contributed by atoms with Crippen molar-refractivity contribution < 1.29 is 9.48 Å². The Bertz CT molecular complexity index is 800. The molecule has 4 heteroatoms. The van der Waals surface area contributed by atoms with Gasteiger partial charge in [0, 0.05) is 24.6 Å².